The lowest BCUT2D eigenvalue weighted by Gasteiger charge is -2.13. The van der Waals surface area contributed by atoms with Gasteiger partial charge in [0.1, 0.15) is 5.65 Å². The van der Waals surface area contributed by atoms with Crippen molar-refractivity contribution >= 4 is 65.5 Å². The number of nitrogens with zero attached hydrogens (tertiary/aromatic N) is 4. The second kappa shape index (κ2) is 9.18. The summed E-state index contributed by atoms with van der Waals surface area (Å²) in [6.45, 7) is 0. The highest BCUT2D eigenvalue weighted by atomic mass is 15.1. The molecule has 0 aliphatic heterocycles. The zero-order chi connectivity index (χ0) is 29.5. The molecule has 0 N–H and O–H groups in total. The standard InChI is InChI=1S/C41H26N4/c1-5-18-36-30(13-1)31-14-2-6-19-37(31)44(36)29-22-23-40-35(26-29)33-16-4-7-20-38(33)43(40)27-11-9-12-28(25-27)45-39-21-8-3-15-32(39)34-17-10-24-42-41(34)45/h1-26H. The van der Waals surface area contributed by atoms with Crippen LogP contribution in [0.3, 0.4) is 0 Å². The van der Waals surface area contributed by atoms with E-state index in [1.165, 1.54) is 49.0 Å². The van der Waals surface area contributed by atoms with Crippen LogP contribution in [0.25, 0.3) is 82.6 Å². The molecular weight excluding hydrogens is 548 g/mol. The molecule has 10 rings (SSSR count). The van der Waals surface area contributed by atoms with E-state index in [4.69, 9.17) is 4.98 Å². The third-order valence-electron chi connectivity index (χ3n) is 9.27. The topological polar surface area (TPSA) is 27.7 Å². The number of rotatable bonds is 3. The van der Waals surface area contributed by atoms with Crippen molar-refractivity contribution in [3.8, 4) is 17.1 Å². The van der Waals surface area contributed by atoms with Crippen molar-refractivity contribution in [2.75, 3.05) is 0 Å². The van der Waals surface area contributed by atoms with Crippen LogP contribution in [0.4, 0.5) is 0 Å². The van der Waals surface area contributed by atoms with Crippen LogP contribution in [0.2, 0.25) is 0 Å². The van der Waals surface area contributed by atoms with E-state index in [0.29, 0.717) is 0 Å². The highest BCUT2D eigenvalue weighted by Gasteiger charge is 2.18. The molecule has 4 heteroatoms. The molecule has 0 atom stereocenters. The maximum atomic E-state index is 4.82. The SMILES string of the molecule is c1cc(-n2c3ccccc3c3cc(-n4c5ccccc5c5ccccc54)ccc32)cc(-n2c3ccccc3c3cccnc32)c1. The van der Waals surface area contributed by atoms with Gasteiger partial charge in [-0.3, -0.25) is 4.57 Å². The summed E-state index contributed by atoms with van der Waals surface area (Å²) in [5.74, 6) is 0. The molecule has 4 aromatic heterocycles. The first-order valence-corrected chi connectivity index (χ1v) is 15.3. The van der Waals surface area contributed by atoms with E-state index in [9.17, 15) is 0 Å². The van der Waals surface area contributed by atoms with Crippen LogP contribution in [0, 0.1) is 0 Å². The van der Waals surface area contributed by atoms with Gasteiger partial charge < -0.3 is 9.13 Å². The first-order chi connectivity index (χ1) is 22.3. The fourth-order valence-electron chi connectivity index (χ4n) is 7.41. The lowest BCUT2D eigenvalue weighted by atomic mass is 10.1. The Hall–Kier alpha value is -6.13. The molecule has 0 fully saturated rings. The number of aromatic nitrogens is 4. The van der Waals surface area contributed by atoms with E-state index in [0.717, 1.165) is 33.6 Å². The molecule has 0 aliphatic carbocycles. The molecular formula is C41H26N4. The molecule has 4 nitrogen and oxygen atoms in total. The quantitative estimate of drug-likeness (QED) is 0.206. The van der Waals surface area contributed by atoms with Crippen LogP contribution in [0.5, 0.6) is 0 Å². The molecule has 210 valence electrons. The zero-order valence-corrected chi connectivity index (χ0v) is 24.3. The first-order valence-electron chi connectivity index (χ1n) is 15.3. The molecule has 0 spiro atoms. The average Bonchev–Trinajstić information content (AvgIpc) is 3.74. The summed E-state index contributed by atoms with van der Waals surface area (Å²) in [5.41, 5.74) is 10.3. The monoisotopic (exact) mass is 574 g/mol. The van der Waals surface area contributed by atoms with Gasteiger partial charge in [0.15, 0.2) is 0 Å². The fourth-order valence-corrected chi connectivity index (χ4v) is 7.41. The van der Waals surface area contributed by atoms with Crippen molar-refractivity contribution in [2.24, 2.45) is 0 Å². The van der Waals surface area contributed by atoms with Crippen LogP contribution >= 0.6 is 0 Å². The van der Waals surface area contributed by atoms with Gasteiger partial charge in [0, 0.05) is 55.6 Å². The molecule has 0 saturated heterocycles. The molecule has 0 aliphatic rings. The molecule has 4 heterocycles. The minimum atomic E-state index is 0.967. The van der Waals surface area contributed by atoms with Gasteiger partial charge in [-0.15, -0.1) is 0 Å². The Labute approximate surface area is 258 Å². The van der Waals surface area contributed by atoms with Crippen LogP contribution in [0.1, 0.15) is 0 Å². The Morgan fingerprint density at radius 2 is 0.756 bits per heavy atom. The summed E-state index contributed by atoms with van der Waals surface area (Å²) in [6, 6.07) is 54.6. The van der Waals surface area contributed by atoms with Crippen molar-refractivity contribution in [2.45, 2.75) is 0 Å². The van der Waals surface area contributed by atoms with Gasteiger partial charge in [-0.2, -0.15) is 0 Å². The average molecular weight is 575 g/mol. The Kier molecular flexibility index (Phi) is 4.96. The summed E-state index contributed by atoms with van der Waals surface area (Å²) in [4.78, 5) is 4.82. The molecule has 45 heavy (non-hydrogen) atoms. The first kappa shape index (κ1) is 24.3. The van der Waals surface area contributed by atoms with Crippen LogP contribution in [0.15, 0.2) is 158 Å². The molecule has 10 aromatic rings. The number of hydrogen-bond acceptors (Lipinski definition) is 1. The van der Waals surface area contributed by atoms with Gasteiger partial charge in [-0.05, 0) is 72.8 Å². The number of hydrogen-bond donors (Lipinski definition) is 0. The largest absolute Gasteiger partial charge is 0.309 e. The summed E-state index contributed by atoms with van der Waals surface area (Å²) in [7, 11) is 0. The number of fused-ring (bicyclic) bond motifs is 9. The van der Waals surface area contributed by atoms with Gasteiger partial charge in [-0.25, -0.2) is 4.98 Å². The minimum absolute atomic E-state index is 0.967. The van der Waals surface area contributed by atoms with E-state index in [1.54, 1.807) is 0 Å². The summed E-state index contributed by atoms with van der Waals surface area (Å²) in [5, 5.41) is 7.38. The molecule has 0 unspecified atom stereocenters. The molecule has 0 bridgehead atoms. The van der Waals surface area contributed by atoms with Crippen LogP contribution in [-0.2, 0) is 0 Å². The lowest BCUT2D eigenvalue weighted by molar-refractivity contribution is 1.11. The lowest BCUT2D eigenvalue weighted by Crippen LogP contribution is -1.99. The Morgan fingerprint density at radius 1 is 0.311 bits per heavy atom. The summed E-state index contributed by atoms with van der Waals surface area (Å²) in [6.07, 6.45) is 1.88. The molecule has 0 radical (unpaired) electrons. The van der Waals surface area contributed by atoms with Gasteiger partial charge in [0.25, 0.3) is 0 Å². The van der Waals surface area contributed by atoms with E-state index in [-0.39, 0.29) is 0 Å². The fraction of sp³-hybridized carbons (Fsp3) is 0. The predicted octanol–water partition coefficient (Wildman–Crippen LogP) is 10.4. The highest BCUT2D eigenvalue weighted by molar-refractivity contribution is 6.12. The highest BCUT2D eigenvalue weighted by Crippen LogP contribution is 2.38. The van der Waals surface area contributed by atoms with Crippen LogP contribution < -0.4 is 0 Å². The van der Waals surface area contributed by atoms with Crippen LogP contribution in [-0.4, -0.2) is 18.7 Å². The Morgan fingerprint density at radius 3 is 1.38 bits per heavy atom. The van der Waals surface area contributed by atoms with Crippen molar-refractivity contribution in [3.63, 3.8) is 0 Å². The van der Waals surface area contributed by atoms with Gasteiger partial charge in [0.05, 0.1) is 27.6 Å². The van der Waals surface area contributed by atoms with Gasteiger partial charge in [-0.1, -0.05) is 78.9 Å². The van der Waals surface area contributed by atoms with E-state index in [1.807, 2.05) is 12.3 Å². The summed E-state index contributed by atoms with van der Waals surface area (Å²) < 4.78 is 7.07. The van der Waals surface area contributed by atoms with E-state index >= 15 is 0 Å². The smallest absolute Gasteiger partial charge is 0.145 e. The second-order valence-corrected chi connectivity index (χ2v) is 11.7. The Balaban J connectivity index is 1.22. The number of benzene rings is 6. The maximum absolute atomic E-state index is 4.82. The van der Waals surface area contributed by atoms with E-state index in [2.05, 4.69) is 159 Å². The summed E-state index contributed by atoms with van der Waals surface area (Å²) >= 11 is 0. The maximum Gasteiger partial charge on any atom is 0.145 e. The van der Waals surface area contributed by atoms with E-state index < -0.39 is 0 Å². The minimum Gasteiger partial charge on any atom is -0.309 e. The number of pyridine rings is 1. The third-order valence-corrected chi connectivity index (χ3v) is 9.27. The normalized spacial score (nSPS) is 12.0. The molecule has 6 aromatic carbocycles. The number of para-hydroxylation sites is 4. The molecule has 0 saturated carbocycles. The van der Waals surface area contributed by atoms with Crippen molar-refractivity contribution in [1.82, 2.24) is 18.7 Å². The second-order valence-electron chi connectivity index (χ2n) is 11.7. The molecule has 0 amide bonds. The van der Waals surface area contributed by atoms with Crippen molar-refractivity contribution in [1.29, 1.82) is 0 Å². The van der Waals surface area contributed by atoms with Gasteiger partial charge >= 0.3 is 0 Å². The Bertz CT molecular complexity index is 2670. The third kappa shape index (κ3) is 3.39. The van der Waals surface area contributed by atoms with Gasteiger partial charge in [0.2, 0.25) is 0 Å². The zero-order valence-electron chi connectivity index (χ0n) is 24.3. The van der Waals surface area contributed by atoms with Crippen molar-refractivity contribution in [3.05, 3.63) is 158 Å². The van der Waals surface area contributed by atoms with Crippen molar-refractivity contribution < 1.29 is 0 Å². The predicted molar refractivity (Wildman–Crippen MR) is 187 cm³/mol.